The smallest absolute Gasteiger partial charge is 0.145 e. The molecule has 1 atom stereocenters. The van der Waals surface area contributed by atoms with Gasteiger partial charge >= 0.3 is 0 Å². The molecule has 22 heavy (non-hydrogen) atoms. The van der Waals surface area contributed by atoms with Crippen molar-refractivity contribution in [2.75, 3.05) is 13.1 Å². The van der Waals surface area contributed by atoms with Crippen LogP contribution in [0.25, 0.3) is 0 Å². The second kappa shape index (κ2) is 5.56. The van der Waals surface area contributed by atoms with Crippen molar-refractivity contribution in [2.45, 2.75) is 25.2 Å². The predicted octanol–water partition coefficient (Wildman–Crippen LogP) is 4.38. The van der Waals surface area contributed by atoms with E-state index in [1.54, 1.807) is 6.20 Å². The van der Waals surface area contributed by atoms with Gasteiger partial charge in [-0.25, -0.2) is 0 Å². The molecule has 0 radical (unpaired) electrons. The summed E-state index contributed by atoms with van der Waals surface area (Å²) in [5.74, 6) is 2.20. The molecule has 1 saturated heterocycles. The third-order valence-electron chi connectivity index (χ3n) is 4.96. The number of hydrogen-bond acceptors (Lipinski definition) is 3. The molecule has 1 aliphatic carbocycles. The number of halogens is 1. The standard InChI is InChI=1S/C18H19ClN2O/c19-15-1-3-16(4-2-15)22-17-7-14(9-20-10-17)13-5-6-18(8-13)11-21-12-18/h1-4,7,9-10,13,21H,5-6,8,11-12H2. The van der Waals surface area contributed by atoms with E-state index in [0.717, 1.165) is 11.5 Å². The molecule has 0 bridgehead atoms. The van der Waals surface area contributed by atoms with Gasteiger partial charge < -0.3 is 10.1 Å². The van der Waals surface area contributed by atoms with Gasteiger partial charge in [-0.2, -0.15) is 0 Å². The van der Waals surface area contributed by atoms with Crippen molar-refractivity contribution >= 4 is 11.6 Å². The second-order valence-corrected chi connectivity index (χ2v) is 6.99. The Bertz CT molecular complexity index is 667. The molecular formula is C18H19ClN2O. The summed E-state index contributed by atoms with van der Waals surface area (Å²) in [5, 5.41) is 4.13. The Morgan fingerprint density at radius 3 is 2.64 bits per heavy atom. The quantitative estimate of drug-likeness (QED) is 0.912. The van der Waals surface area contributed by atoms with Crippen LogP contribution in [0.1, 0.15) is 30.7 Å². The first-order chi connectivity index (χ1) is 10.7. The minimum Gasteiger partial charge on any atom is -0.456 e. The fourth-order valence-electron chi connectivity index (χ4n) is 3.64. The van der Waals surface area contributed by atoms with Gasteiger partial charge in [-0.1, -0.05) is 11.6 Å². The van der Waals surface area contributed by atoms with Gasteiger partial charge in [-0.15, -0.1) is 0 Å². The fourth-order valence-corrected chi connectivity index (χ4v) is 3.77. The van der Waals surface area contributed by atoms with Crippen LogP contribution in [0.5, 0.6) is 11.5 Å². The SMILES string of the molecule is Clc1ccc(Oc2cncc(C3CCC4(CNC4)C3)c2)cc1. The normalized spacial score (nSPS) is 22.5. The summed E-state index contributed by atoms with van der Waals surface area (Å²) in [6.07, 6.45) is 7.62. The number of nitrogens with one attached hydrogen (secondary N) is 1. The summed E-state index contributed by atoms with van der Waals surface area (Å²) in [6.45, 7) is 2.36. The summed E-state index contributed by atoms with van der Waals surface area (Å²) in [7, 11) is 0. The molecule has 1 N–H and O–H groups in total. The molecule has 1 aromatic heterocycles. The second-order valence-electron chi connectivity index (χ2n) is 6.55. The van der Waals surface area contributed by atoms with E-state index >= 15 is 0 Å². The first kappa shape index (κ1) is 14.0. The maximum Gasteiger partial charge on any atom is 0.145 e. The van der Waals surface area contributed by atoms with Gasteiger partial charge in [-0.3, -0.25) is 4.98 Å². The van der Waals surface area contributed by atoms with Crippen LogP contribution in [0.15, 0.2) is 42.7 Å². The molecular weight excluding hydrogens is 296 g/mol. The van der Waals surface area contributed by atoms with Crippen LogP contribution in [0, 0.1) is 5.41 Å². The molecule has 114 valence electrons. The number of ether oxygens (including phenoxy) is 1. The third kappa shape index (κ3) is 2.71. The van der Waals surface area contributed by atoms with Crippen LogP contribution in [0.4, 0.5) is 0 Å². The summed E-state index contributed by atoms with van der Waals surface area (Å²) in [4.78, 5) is 4.37. The van der Waals surface area contributed by atoms with Crippen molar-refractivity contribution in [3.8, 4) is 11.5 Å². The molecule has 2 fully saturated rings. The maximum atomic E-state index is 5.90. The maximum absolute atomic E-state index is 5.90. The Balaban J connectivity index is 1.49. The van der Waals surface area contributed by atoms with Crippen molar-refractivity contribution in [1.29, 1.82) is 0 Å². The van der Waals surface area contributed by atoms with E-state index in [-0.39, 0.29) is 0 Å². The average Bonchev–Trinajstić information content (AvgIpc) is 2.96. The van der Waals surface area contributed by atoms with Gasteiger partial charge in [-0.05, 0) is 66.5 Å². The van der Waals surface area contributed by atoms with Gasteiger partial charge in [0.05, 0.1) is 6.20 Å². The summed E-state index contributed by atoms with van der Waals surface area (Å²) in [5.41, 5.74) is 1.85. The highest BCUT2D eigenvalue weighted by Gasteiger charge is 2.43. The van der Waals surface area contributed by atoms with E-state index in [2.05, 4.69) is 16.4 Å². The summed E-state index contributed by atoms with van der Waals surface area (Å²) in [6, 6.07) is 9.55. The first-order valence-corrected chi connectivity index (χ1v) is 8.19. The number of rotatable bonds is 3. The lowest BCUT2D eigenvalue weighted by Gasteiger charge is -2.39. The Morgan fingerprint density at radius 2 is 1.95 bits per heavy atom. The van der Waals surface area contributed by atoms with Gasteiger partial charge in [0, 0.05) is 24.3 Å². The van der Waals surface area contributed by atoms with Crippen molar-refractivity contribution in [2.24, 2.45) is 5.41 Å². The average molecular weight is 315 g/mol. The zero-order chi connectivity index (χ0) is 15.0. The lowest BCUT2D eigenvalue weighted by atomic mass is 9.79. The van der Waals surface area contributed by atoms with Crippen molar-refractivity contribution in [3.05, 3.63) is 53.3 Å². The number of nitrogens with zero attached hydrogens (tertiary/aromatic N) is 1. The molecule has 1 unspecified atom stereocenters. The highest BCUT2D eigenvalue weighted by molar-refractivity contribution is 6.30. The number of benzene rings is 1. The summed E-state index contributed by atoms with van der Waals surface area (Å²) < 4.78 is 5.89. The Labute approximate surface area is 135 Å². The topological polar surface area (TPSA) is 34.1 Å². The van der Waals surface area contributed by atoms with Crippen LogP contribution in [-0.4, -0.2) is 18.1 Å². The van der Waals surface area contributed by atoms with Crippen LogP contribution in [0.2, 0.25) is 5.02 Å². The lowest BCUT2D eigenvalue weighted by molar-refractivity contribution is 0.175. The Hall–Kier alpha value is -1.58. The Morgan fingerprint density at radius 1 is 1.14 bits per heavy atom. The highest BCUT2D eigenvalue weighted by Crippen LogP contribution is 2.48. The van der Waals surface area contributed by atoms with E-state index in [9.17, 15) is 0 Å². The van der Waals surface area contributed by atoms with Crippen molar-refractivity contribution in [1.82, 2.24) is 10.3 Å². The van der Waals surface area contributed by atoms with Crippen LogP contribution >= 0.6 is 11.6 Å². The molecule has 0 amide bonds. The summed E-state index contributed by atoms with van der Waals surface area (Å²) >= 11 is 5.90. The van der Waals surface area contributed by atoms with Crippen LogP contribution in [0.3, 0.4) is 0 Å². The lowest BCUT2D eigenvalue weighted by Crippen LogP contribution is -2.51. The van der Waals surface area contributed by atoms with E-state index in [0.29, 0.717) is 16.4 Å². The van der Waals surface area contributed by atoms with Crippen LogP contribution < -0.4 is 10.1 Å². The molecule has 2 heterocycles. The number of aromatic nitrogens is 1. The third-order valence-corrected chi connectivity index (χ3v) is 5.21. The molecule has 1 aromatic carbocycles. The van der Waals surface area contributed by atoms with Crippen LogP contribution in [-0.2, 0) is 0 Å². The van der Waals surface area contributed by atoms with E-state index < -0.39 is 0 Å². The number of pyridine rings is 1. The molecule has 1 spiro atoms. The minimum atomic E-state index is 0.553. The molecule has 1 aliphatic heterocycles. The van der Waals surface area contributed by atoms with Crippen molar-refractivity contribution in [3.63, 3.8) is 0 Å². The molecule has 1 saturated carbocycles. The van der Waals surface area contributed by atoms with E-state index in [1.807, 2.05) is 30.5 Å². The zero-order valence-electron chi connectivity index (χ0n) is 12.4. The molecule has 2 aromatic rings. The molecule has 3 nitrogen and oxygen atoms in total. The van der Waals surface area contributed by atoms with Gasteiger partial charge in [0.1, 0.15) is 11.5 Å². The van der Waals surface area contributed by atoms with E-state index in [4.69, 9.17) is 16.3 Å². The largest absolute Gasteiger partial charge is 0.456 e. The molecule has 2 aliphatic rings. The van der Waals surface area contributed by atoms with Gasteiger partial charge in [0.15, 0.2) is 0 Å². The van der Waals surface area contributed by atoms with Crippen molar-refractivity contribution < 1.29 is 4.74 Å². The van der Waals surface area contributed by atoms with Gasteiger partial charge in [0.2, 0.25) is 0 Å². The minimum absolute atomic E-state index is 0.553. The molecule has 4 heteroatoms. The monoisotopic (exact) mass is 314 g/mol. The zero-order valence-corrected chi connectivity index (χ0v) is 13.1. The van der Waals surface area contributed by atoms with Gasteiger partial charge in [0.25, 0.3) is 0 Å². The Kier molecular flexibility index (Phi) is 3.55. The first-order valence-electron chi connectivity index (χ1n) is 7.82. The van der Waals surface area contributed by atoms with E-state index in [1.165, 1.54) is 37.9 Å². The predicted molar refractivity (Wildman–Crippen MR) is 87.7 cm³/mol. The highest BCUT2D eigenvalue weighted by atomic mass is 35.5. The fraction of sp³-hybridized carbons (Fsp3) is 0.389. The number of hydrogen-bond donors (Lipinski definition) is 1. The molecule has 4 rings (SSSR count).